The predicted molar refractivity (Wildman–Crippen MR) is 69.7 cm³/mol. The molecule has 0 amide bonds. The van der Waals surface area contributed by atoms with Crippen LogP contribution in [0.3, 0.4) is 0 Å². The van der Waals surface area contributed by atoms with Crippen molar-refractivity contribution in [2.24, 2.45) is 0 Å². The molecule has 3 rings (SSSR count). The average Bonchev–Trinajstić information content (AvgIpc) is 2.32. The summed E-state index contributed by atoms with van der Waals surface area (Å²) >= 11 is 0. The van der Waals surface area contributed by atoms with E-state index in [4.69, 9.17) is 4.42 Å². The van der Waals surface area contributed by atoms with Crippen molar-refractivity contribution in [3.8, 4) is 17.2 Å². The van der Waals surface area contributed by atoms with E-state index in [0.29, 0.717) is 5.56 Å². The molecular weight excluding hydrogens is 248 g/mol. The topological polar surface area (TPSA) is 90.9 Å². The van der Waals surface area contributed by atoms with E-state index in [-0.39, 0.29) is 39.2 Å². The number of phenols is 3. The fourth-order valence-corrected chi connectivity index (χ4v) is 2.16. The molecule has 0 aliphatic carbocycles. The number of rotatable bonds is 0. The first-order valence-electron chi connectivity index (χ1n) is 5.60. The Bertz CT molecular complexity index is 877. The first-order valence-corrected chi connectivity index (χ1v) is 5.60. The Kier molecular flexibility index (Phi) is 2.19. The molecule has 0 saturated carbocycles. The fraction of sp³-hybridized carbons (Fsp3) is 0.0714. The molecule has 1 heterocycles. The van der Waals surface area contributed by atoms with Crippen molar-refractivity contribution < 1.29 is 19.7 Å². The van der Waals surface area contributed by atoms with Gasteiger partial charge in [0.15, 0.2) is 11.3 Å². The number of benzene rings is 2. The number of hydrogen-bond acceptors (Lipinski definition) is 5. The molecule has 19 heavy (non-hydrogen) atoms. The second kappa shape index (κ2) is 3.65. The summed E-state index contributed by atoms with van der Waals surface area (Å²) in [7, 11) is 0. The van der Waals surface area contributed by atoms with Gasteiger partial charge in [0.25, 0.3) is 0 Å². The van der Waals surface area contributed by atoms with Crippen molar-refractivity contribution in [2.75, 3.05) is 0 Å². The largest absolute Gasteiger partial charge is 0.507 e. The highest BCUT2D eigenvalue weighted by molar-refractivity contribution is 5.97. The van der Waals surface area contributed by atoms with Crippen LogP contribution in [-0.4, -0.2) is 15.3 Å². The van der Waals surface area contributed by atoms with Crippen LogP contribution in [0, 0.1) is 6.92 Å². The van der Waals surface area contributed by atoms with Gasteiger partial charge in [0, 0.05) is 0 Å². The number of aryl methyl sites for hydroxylation is 1. The molecule has 5 heteroatoms. The maximum atomic E-state index is 12.3. The van der Waals surface area contributed by atoms with Gasteiger partial charge in [-0.25, -0.2) is 0 Å². The zero-order valence-corrected chi connectivity index (χ0v) is 9.97. The van der Waals surface area contributed by atoms with Crippen LogP contribution in [0.25, 0.3) is 21.9 Å². The summed E-state index contributed by atoms with van der Waals surface area (Å²) in [6, 6.07) is 5.46. The minimum atomic E-state index is -0.581. The third-order valence-electron chi connectivity index (χ3n) is 3.01. The lowest BCUT2D eigenvalue weighted by Gasteiger charge is -2.06. The lowest BCUT2D eigenvalue weighted by atomic mass is 10.1. The quantitative estimate of drug-likeness (QED) is 0.425. The Hall–Kier alpha value is -2.69. The van der Waals surface area contributed by atoms with Gasteiger partial charge in [0.05, 0.1) is 0 Å². The highest BCUT2D eigenvalue weighted by Gasteiger charge is 2.17. The Morgan fingerprint density at radius 1 is 0.947 bits per heavy atom. The molecule has 0 unspecified atom stereocenters. The Morgan fingerprint density at radius 2 is 1.63 bits per heavy atom. The third kappa shape index (κ3) is 1.52. The lowest BCUT2D eigenvalue weighted by molar-refractivity contribution is 0.457. The van der Waals surface area contributed by atoms with Crippen LogP contribution < -0.4 is 5.43 Å². The molecule has 0 radical (unpaired) electrons. The molecule has 2 aromatic carbocycles. The van der Waals surface area contributed by atoms with Crippen LogP contribution in [-0.2, 0) is 0 Å². The molecule has 0 saturated heterocycles. The van der Waals surface area contributed by atoms with Crippen molar-refractivity contribution in [3.05, 3.63) is 40.1 Å². The molecule has 3 N–H and O–H groups in total. The van der Waals surface area contributed by atoms with Crippen LogP contribution in [0.5, 0.6) is 17.2 Å². The molecule has 0 aliphatic heterocycles. The molecule has 0 spiro atoms. The first-order chi connectivity index (χ1) is 8.99. The summed E-state index contributed by atoms with van der Waals surface area (Å²) in [6.07, 6.45) is 0. The van der Waals surface area contributed by atoms with E-state index in [2.05, 4.69) is 0 Å². The molecule has 3 aromatic rings. The summed E-state index contributed by atoms with van der Waals surface area (Å²) in [6.45, 7) is 1.74. The van der Waals surface area contributed by atoms with Gasteiger partial charge in [-0.2, -0.15) is 0 Å². The maximum Gasteiger partial charge on any atom is 0.208 e. The van der Waals surface area contributed by atoms with Gasteiger partial charge in [0.1, 0.15) is 27.9 Å². The lowest BCUT2D eigenvalue weighted by Crippen LogP contribution is -2.03. The molecular formula is C14H10O5. The van der Waals surface area contributed by atoms with Gasteiger partial charge < -0.3 is 19.7 Å². The number of phenolic OH excluding ortho intramolecular Hbond substituents is 3. The van der Waals surface area contributed by atoms with Crippen LogP contribution in [0.1, 0.15) is 5.56 Å². The molecule has 0 atom stereocenters. The zero-order valence-electron chi connectivity index (χ0n) is 9.97. The monoisotopic (exact) mass is 258 g/mol. The summed E-state index contributed by atoms with van der Waals surface area (Å²) in [5.41, 5.74) is 0.202. The van der Waals surface area contributed by atoms with Crippen molar-refractivity contribution >= 4 is 21.9 Å². The van der Waals surface area contributed by atoms with E-state index in [9.17, 15) is 20.1 Å². The third-order valence-corrected chi connectivity index (χ3v) is 3.01. The minimum Gasteiger partial charge on any atom is -0.507 e. The minimum absolute atomic E-state index is 0.0148. The van der Waals surface area contributed by atoms with E-state index < -0.39 is 5.43 Å². The molecule has 5 nitrogen and oxygen atoms in total. The predicted octanol–water partition coefficient (Wildman–Crippen LogP) is 2.37. The number of fused-ring (bicyclic) bond motifs is 2. The second-order valence-electron chi connectivity index (χ2n) is 4.40. The summed E-state index contributed by atoms with van der Waals surface area (Å²) in [5.74, 6) is -0.760. The first kappa shape index (κ1) is 11.4. The molecule has 0 bridgehead atoms. The molecule has 1 aromatic heterocycles. The van der Waals surface area contributed by atoms with Gasteiger partial charge in [-0.15, -0.1) is 0 Å². The Balaban J connectivity index is 2.69. The van der Waals surface area contributed by atoms with Crippen LogP contribution in [0.4, 0.5) is 0 Å². The normalized spacial score (nSPS) is 11.2. The van der Waals surface area contributed by atoms with Gasteiger partial charge in [-0.05, 0) is 36.8 Å². The van der Waals surface area contributed by atoms with E-state index in [0.717, 1.165) is 0 Å². The van der Waals surface area contributed by atoms with Crippen LogP contribution in [0.2, 0.25) is 0 Å². The summed E-state index contributed by atoms with van der Waals surface area (Å²) < 4.78 is 5.43. The van der Waals surface area contributed by atoms with Gasteiger partial charge in [-0.1, -0.05) is 0 Å². The smallest absolute Gasteiger partial charge is 0.208 e. The Morgan fingerprint density at radius 3 is 2.37 bits per heavy atom. The second-order valence-corrected chi connectivity index (χ2v) is 4.40. The van der Waals surface area contributed by atoms with Crippen molar-refractivity contribution in [3.63, 3.8) is 0 Å². The maximum absolute atomic E-state index is 12.3. The SMILES string of the molecule is Cc1cc(O)c2c(=O)c3c(O)ccc(O)c3oc2c1. The highest BCUT2D eigenvalue weighted by atomic mass is 16.4. The van der Waals surface area contributed by atoms with E-state index >= 15 is 0 Å². The highest BCUT2D eigenvalue weighted by Crippen LogP contribution is 2.34. The molecule has 96 valence electrons. The number of aromatic hydroxyl groups is 3. The average molecular weight is 258 g/mol. The van der Waals surface area contributed by atoms with Gasteiger partial charge >= 0.3 is 0 Å². The van der Waals surface area contributed by atoms with E-state index in [1.165, 1.54) is 18.2 Å². The van der Waals surface area contributed by atoms with Gasteiger partial charge in [-0.3, -0.25) is 4.79 Å². The van der Waals surface area contributed by atoms with Gasteiger partial charge in [0.2, 0.25) is 5.43 Å². The zero-order chi connectivity index (χ0) is 13.7. The summed E-state index contributed by atoms with van der Waals surface area (Å²) in [5, 5.41) is 29.1. The number of hydrogen-bond donors (Lipinski definition) is 3. The fourth-order valence-electron chi connectivity index (χ4n) is 2.16. The van der Waals surface area contributed by atoms with Crippen molar-refractivity contribution in [1.82, 2.24) is 0 Å². The molecule has 0 aliphatic rings. The molecule has 0 fully saturated rings. The van der Waals surface area contributed by atoms with Crippen molar-refractivity contribution in [1.29, 1.82) is 0 Å². The van der Waals surface area contributed by atoms with Crippen LogP contribution >= 0.6 is 0 Å². The van der Waals surface area contributed by atoms with Crippen molar-refractivity contribution in [2.45, 2.75) is 6.92 Å². The standard InChI is InChI=1S/C14H10O5/c1-6-4-9(17)11-10(5-6)19-14-8(16)3-2-7(15)12(14)13(11)18/h2-5,15-17H,1H3. The summed E-state index contributed by atoms with van der Waals surface area (Å²) in [4.78, 5) is 12.3. The van der Waals surface area contributed by atoms with E-state index in [1.807, 2.05) is 0 Å². The van der Waals surface area contributed by atoms with Crippen LogP contribution in [0.15, 0.2) is 33.5 Å². The Labute approximate surface area is 107 Å². The van der Waals surface area contributed by atoms with E-state index in [1.54, 1.807) is 13.0 Å².